The van der Waals surface area contributed by atoms with E-state index in [4.69, 9.17) is 11.6 Å². The number of imidazole rings is 1. The minimum atomic E-state index is -3.70. The van der Waals surface area contributed by atoms with E-state index in [-0.39, 0.29) is 4.90 Å². The molecule has 134 valence electrons. The second kappa shape index (κ2) is 6.64. The average Bonchev–Trinajstić information content (AvgIpc) is 3.19. The standard InChI is InChI=1S/C18H16ClN3O2S2/c1-12-15(19)3-2-4-17(12)26(23,24)21-14-7-5-13(6-8-14)16-11-22-9-10-25-18(22)20-16/h2-8,11,21H,9-10H2,1H3. The Kier molecular flexibility index (Phi) is 4.46. The first-order valence-electron chi connectivity index (χ1n) is 8.02. The number of hydrogen-bond donors (Lipinski definition) is 1. The maximum atomic E-state index is 12.6. The Bertz CT molecular complexity index is 1050. The summed E-state index contributed by atoms with van der Waals surface area (Å²) in [6.07, 6.45) is 2.03. The van der Waals surface area contributed by atoms with Crippen LogP contribution in [0.3, 0.4) is 0 Å². The van der Waals surface area contributed by atoms with Crippen LogP contribution >= 0.6 is 23.4 Å². The fourth-order valence-corrected chi connectivity index (χ4v) is 5.35. The first-order valence-corrected chi connectivity index (χ1v) is 10.9. The van der Waals surface area contributed by atoms with Crippen LogP contribution in [0.25, 0.3) is 11.3 Å². The van der Waals surface area contributed by atoms with Crippen molar-refractivity contribution in [3.05, 3.63) is 59.2 Å². The van der Waals surface area contributed by atoms with Gasteiger partial charge in [-0.15, -0.1) is 0 Å². The number of rotatable bonds is 4. The molecule has 0 bridgehead atoms. The second-order valence-electron chi connectivity index (χ2n) is 6.00. The van der Waals surface area contributed by atoms with Crippen LogP contribution in [0, 0.1) is 6.92 Å². The molecule has 1 aromatic heterocycles. The van der Waals surface area contributed by atoms with E-state index in [1.165, 1.54) is 0 Å². The van der Waals surface area contributed by atoms with Crippen molar-refractivity contribution in [3.8, 4) is 11.3 Å². The Labute approximate surface area is 161 Å². The predicted molar refractivity (Wildman–Crippen MR) is 105 cm³/mol. The summed E-state index contributed by atoms with van der Waals surface area (Å²) in [7, 11) is -3.70. The highest BCUT2D eigenvalue weighted by Gasteiger charge is 2.19. The molecule has 4 rings (SSSR count). The highest BCUT2D eigenvalue weighted by molar-refractivity contribution is 7.99. The second-order valence-corrected chi connectivity index (χ2v) is 9.12. The maximum absolute atomic E-state index is 12.6. The summed E-state index contributed by atoms with van der Waals surface area (Å²) in [5.74, 6) is 1.06. The Morgan fingerprint density at radius 2 is 1.96 bits per heavy atom. The summed E-state index contributed by atoms with van der Waals surface area (Å²) in [6, 6.07) is 12.1. The zero-order chi connectivity index (χ0) is 18.3. The third-order valence-electron chi connectivity index (χ3n) is 4.24. The molecule has 26 heavy (non-hydrogen) atoms. The smallest absolute Gasteiger partial charge is 0.262 e. The average molecular weight is 406 g/mol. The van der Waals surface area contributed by atoms with Crippen molar-refractivity contribution < 1.29 is 8.42 Å². The number of hydrogen-bond acceptors (Lipinski definition) is 4. The van der Waals surface area contributed by atoms with E-state index < -0.39 is 10.0 Å². The number of thioether (sulfide) groups is 1. The molecule has 1 N–H and O–H groups in total. The lowest BCUT2D eigenvalue weighted by Gasteiger charge is -2.11. The minimum absolute atomic E-state index is 0.177. The number of halogens is 1. The van der Waals surface area contributed by atoms with Crippen LogP contribution < -0.4 is 4.72 Å². The minimum Gasteiger partial charge on any atom is -0.325 e. The molecular weight excluding hydrogens is 390 g/mol. The lowest BCUT2D eigenvalue weighted by atomic mass is 10.1. The molecule has 0 saturated heterocycles. The number of sulfonamides is 1. The Morgan fingerprint density at radius 1 is 1.19 bits per heavy atom. The Morgan fingerprint density at radius 3 is 2.69 bits per heavy atom. The van der Waals surface area contributed by atoms with E-state index in [0.29, 0.717) is 16.3 Å². The molecule has 0 amide bonds. The molecule has 8 heteroatoms. The van der Waals surface area contributed by atoms with Crippen LogP contribution in [0.4, 0.5) is 5.69 Å². The lowest BCUT2D eigenvalue weighted by Crippen LogP contribution is -2.14. The van der Waals surface area contributed by atoms with Crippen molar-refractivity contribution in [1.29, 1.82) is 0 Å². The first kappa shape index (κ1) is 17.5. The summed E-state index contributed by atoms with van der Waals surface area (Å²) in [5, 5.41) is 1.45. The lowest BCUT2D eigenvalue weighted by molar-refractivity contribution is 0.600. The normalized spacial score (nSPS) is 13.6. The van der Waals surface area contributed by atoms with Gasteiger partial charge in [-0.1, -0.05) is 41.6 Å². The zero-order valence-corrected chi connectivity index (χ0v) is 16.3. The monoisotopic (exact) mass is 405 g/mol. The molecule has 0 fully saturated rings. The molecule has 1 aliphatic heterocycles. The number of benzene rings is 2. The fraction of sp³-hybridized carbons (Fsp3) is 0.167. The summed E-state index contributed by atoms with van der Waals surface area (Å²) in [4.78, 5) is 4.78. The van der Waals surface area contributed by atoms with E-state index in [9.17, 15) is 8.42 Å². The topological polar surface area (TPSA) is 64.0 Å². The van der Waals surface area contributed by atoms with E-state index in [1.807, 2.05) is 18.3 Å². The summed E-state index contributed by atoms with van der Waals surface area (Å²) >= 11 is 7.78. The quantitative estimate of drug-likeness (QED) is 0.697. The van der Waals surface area contributed by atoms with Crippen molar-refractivity contribution in [2.24, 2.45) is 0 Å². The SMILES string of the molecule is Cc1c(Cl)cccc1S(=O)(=O)Nc1ccc(-c2cn3c(n2)SCC3)cc1. The highest BCUT2D eigenvalue weighted by atomic mass is 35.5. The third-order valence-corrected chi connectivity index (χ3v) is 7.15. The van der Waals surface area contributed by atoms with Gasteiger partial charge >= 0.3 is 0 Å². The van der Waals surface area contributed by atoms with Gasteiger partial charge < -0.3 is 4.57 Å². The molecular formula is C18H16ClN3O2S2. The van der Waals surface area contributed by atoms with Gasteiger partial charge in [0.15, 0.2) is 5.16 Å². The summed E-state index contributed by atoms with van der Waals surface area (Å²) in [6.45, 7) is 2.67. The van der Waals surface area contributed by atoms with Crippen molar-refractivity contribution >= 4 is 39.1 Å². The van der Waals surface area contributed by atoms with E-state index >= 15 is 0 Å². The summed E-state index contributed by atoms with van der Waals surface area (Å²) in [5.41, 5.74) is 2.87. The molecule has 5 nitrogen and oxygen atoms in total. The van der Waals surface area contributed by atoms with Gasteiger partial charge in [0.05, 0.1) is 10.6 Å². The van der Waals surface area contributed by atoms with Crippen molar-refractivity contribution in [2.75, 3.05) is 10.5 Å². The van der Waals surface area contributed by atoms with E-state index in [2.05, 4.69) is 14.3 Å². The van der Waals surface area contributed by atoms with Crippen LogP contribution in [0.15, 0.2) is 58.7 Å². The van der Waals surface area contributed by atoms with Crippen LogP contribution in [-0.2, 0) is 16.6 Å². The van der Waals surface area contributed by atoms with Gasteiger partial charge in [-0.05, 0) is 36.8 Å². The maximum Gasteiger partial charge on any atom is 0.262 e. The van der Waals surface area contributed by atoms with E-state index in [0.717, 1.165) is 28.7 Å². The number of nitrogens with one attached hydrogen (secondary N) is 1. The van der Waals surface area contributed by atoms with E-state index in [1.54, 1.807) is 49.0 Å². The Hall–Kier alpha value is -1.96. The first-order chi connectivity index (χ1) is 12.4. The van der Waals surface area contributed by atoms with Crippen molar-refractivity contribution in [2.45, 2.75) is 23.5 Å². The molecule has 2 aromatic carbocycles. The molecule has 2 heterocycles. The molecule has 0 atom stereocenters. The molecule has 1 aliphatic rings. The van der Waals surface area contributed by atoms with Gasteiger partial charge in [0.1, 0.15) is 0 Å². The van der Waals surface area contributed by atoms with Gasteiger partial charge in [0, 0.05) is 34.8 Å². The van der Waals surface area contributed by atoms with Gasteiger partial charge in [0.2, 0.25) is 0 Å². The predicted octanol–water partition coefficient (Wildman–Crippen LogP) is 4.42. The number of aryl methyl sites for hydroxylation is 1. The molecule has 0 radical (unpaired) electrons. The highest BCUT2D eigenvalue weighted by Crippen LogP contribution is 2.30. The molecule has 0 aliphatic carbocycles. The number of fused-ring (bicyclic) bond motifs is 1. The van der Waals surface area contributed by atoms with Crippen LogP contribution in [0.5, 0.6) is 0 Å². The third kappa shape index (κ3) is 3.22. The number of aromatic nitrogens is 2. The molecule has 0 saturated carbocycles. The van der Waals surface area contributed by atoms with Gasteiger partial charge in [-0.25, -0.2) is 13.4 Å². The fourth-order valence-electron chi connectivity index (χ4n) is 2.85. The van der Waals surface area contributed by atoms with Crippen LogP contribution in [-0.4, -0.2) is 23.7 Å². The van der Waals surface area contributed by atoms with Crippen LogP contribution in [0.2, 0.25) is 5.02 Å². The number of nitrogens with zero attached hydrogens (tertiary/aromatic N) is 2. The molecule has 3 aromatic rings. The zero-order valence-electron chi connectivity index (χ0n) is 13.9. The van der Waals surface area contributed by atoms with Gasteiger partial charge in [0.25, 0.3) is 10.0 Å². The van der Waals surface area contributed by atoms with Gasteiger partial charge in [-0.3, -0.25) is 4.72 Å². The Balaban J connectivity index is 1.58. The summed E-state index contributed by atoms with van der Waals surface area (Å²) < 4.78 is 30.0. The largest absolute Gasteiger partial charge is 0.325 e. The van der Waals surface area contributed by atoms with Crippen molar-refractivity contribution in [1.82, 2.24) is 9.55 Å². The van der Waals surface area contributed by atoms with Crippen LogP contribution in [0.1, 0.15) is 5.56 Å². The molecule has 0 spiro atoms. The molecule has 0 unspecified atom stereocenters. The number of anilines is 1. The van der Waals surface area contributed by atoms with Crippen molar-refractivity contribution in [3.63, 3.8) is 0 Å². The van der Waals surface area contributed by atoms with Gasteiger partial charge in [-0.2, -0.15) is 0 Å².